The first kappa shape index (κ1) is 22.3. The molecule has 0 bridgehead atoms. The molecular weight excluding hydrogens is 494 g/mol. The van der Waals surface area contributed by atoms with E-state index in [0.29, 0.717) is 17.4 Å². The van der Waals surface area contributed by atoms with Gasteiger partial charge in [0, 0.05) is 15.2 Å². The Morgan fingerprint density at radius 2 is 1.91 bits per heavy atom. The average Bonchev–Trinajstić information content (AvgIpc) is 3.49. The van der Waals surface area contributed by atoms with Crippen LogP contribution in [-0.2, 0) is 0 Å². The van der Waals surface area contributed by atoms with Gasteiger partial charge in [-0.25, -0.2) is 9.97 Å². The summed E-state index contributed by atoms with van der Waals surface area (Å²) in [6, 6.07) is 3.75. The Labute approximate surface area is 198 Å². The Kier molecular flexibility index (Phi) is 6.75. The molecule has 2 atom stereocenters. The fourth-order valence-corrected chi connectivity index (χ4v) is 4.77. The number of nitrogens with zero attached hydrogens (tertiary/aromatic N) is 4. The van der Waals surface area contributed by atoms with Crippen LogP contribution in [0.25, 0.3) is 10.9 Å². The van der Waals surface area contributed by atoms with Crippen LogP contribution in [0.3, 0.4) is 0 Å². The summed E-state index contributed by atoms with van der Waals surface area (Å²) >= 11 is 5.25. The molecular formula is C21H24BrN7O2S. The average molecular weight is 518 g/mol. The van der Waals surface area contributed by atoms with Crippen molar-refractivity contribution < 1.29 is 9.47 Å². The van der Waals surface area contributed by atoms with Gasteiger partial charge < -0.3 is 20.1 Å². The molecule has 9 nitrogen and oxygen atoms in total. The molecule has 0 aliphatic carbocycles. The number of fused-ring (bicyclic) bond motifs is 1. The highest BCUT2D eigenvalue weighted by Crippen LogP contribution is 2.38. The van der Waals surface area contributed by atoms with E-state index in [2.05, 4.69) is 48.7 Å². The van der Waals surface area contributed by atoms with Gasteiger partial charge in [0.2, 0.25) is 5.95 Å². The Balaban J connectivity index is 1.66. The van der Waals surface area contributed by atoms with Crippen molar-refractivity contribution in [3.8, 4) is 11.5 Å². The number of ether oxygens (including phenoxy) is 2. The normalized spacial score (nSPS) is 13.0. The molecule has 0 aliphatic rings. The molecule has 11 heteroatoms. The minimum absolute atomic E-state index is 0.0418. The van der Waals surface area contributed by atoms with E-state index in [4.69, 9.17) is 19.4 Å². The van der Waals surface area contributed by atoms with Crippen LogP contribution in [0.1, 0.15) is 43.7 Å². The van der Waals surface area contributed by atoms with Crippen molar-refractivity contribution in [2.75, 3.05) is 24.9 Å². The lowest BCUT2D eigenvalue weighted by Crippen LogP contribution is -2.15. The van der Waals surface area contributed by atoms with E-state index >= 15 is 0 Å². The third-order valence-electron chi connectivity index (χ3n) is 5.13. The van der Waals surface area contributed by atoms with Gasteiger partial charge in [0.05, 0.1) is 37.2 Å². The summed E-state index contributed by atoms with van der Waals surface area (Å²) in [6.45, 7) is 4.11. The van der Waals surface area contributed by atoms with Crippen molar-refractivity contribution in [2.24, 2.45) is 0 Å². The van der Waals surface area contributed by atoms with E-state index in [1.807, 2.05) is 29.8 Å². The fourth-order valence-electron chi connectivity index (χ4n) is 3.42. The molecule has 0 unspecified atom stereocenters. The van der Waals surface area contributed by atoms with Crippen molar-refractivity contribution in [1.82, 2.24) is 25.1 Å². The maximum Gasteiger partial charge on any atom is 0.225 e. The smallest absolute Gasteiger partial charge is 0.225 e. The van der Waals surface area contributed by atoms with E-state index in [0.717, 1.165) is 39.0 Å². The summed E-state index contributed by atoms with van der Waals surface area (Å²) in [4.78, 5) is 13.7. The number of nitrogens with one attached hydrogen (secondary N) is 3. The van der Waals surface area contributed by atoms with Crippen LogP contribution in [0.2, 0.25) is 0 Å². The molecule has 3 aromatic heterocycles. The lowest BCUT2D eigenvalue weighted by Gasteiger charge is -2.21. The van der Waals surface area contributed by atoms with Gasteiger partial charge in [-0.15, -0.1) is 11.3 Å². The van der Waals surface area contributed by atoms with Crippen LogP contribution in [0.5, 0.6) is 11.5 Å². The van der Waals surface area contributed by atoms with Crippen molar-refractivity contribution >= 4 is 49.9 Å². The number of aromatic nitrogens is 5. The zero-order valence-electron chi connectivity index (χ0n) is 18.1. The Morgan fingerprint density at radius 3 is 2.59 bits per heavy atom. The summed E-state index contributed by atoms with van der Waals surface area (Å²) < 4.78 is 11.8. The number of hydrogen-bond acceptors (Lipinski definition) is 9. The molecule has 3 N–H and O–H groups in total. The Bertz CT molecular complexity index is 1200. The monoisotopic (exact) mass is 517 g/mol. The Hall–Kier alpha value is -2.92. The summed E-state index contributed by atoms with van der Waals surface area (Å²) in [5, 5.41) is 18.8. The number of rotatable bonds is 9. The number of methoxy groups -OCH3 is 2. The standard InChI is InChI=1S/C21H24BrN7O2S/c1-5-15(12-6-17(30-3)18(31-4)7-14(12)22)26-21-27-16-9-32-8-13(16)20(28-21)25-11(2)19-23-10-24-29-19/h6-11,15H,5H2,1-4H3,(H,23,24,29)(H2,25,26,27,28)/t11-,15+/m1/s1. The van der Waals surface area contributed by atoms with Crippen LogP contribution < -0.4 is 20.1 Å². The molecule has 1 aromatic carbocycles. The molecule has 0 radical (unpaired) electrons. The van der Waals surface area contributed by atoms with E-state index in [9.17, 15) is 0 Å². The molecule has 4 aromatic rings. The number of benzene rings is 1. The van der Waals surface area contributed by atoms with E-state index in [1.54, 1.807) is 25.6 Å². The maximum atomic E-state index is 5.49. The Morgan fingerprint density at radius 1 is 1.12 bits per heavy atom. The summed E-state index contributed by atoms with van der Waals surface area (Å²) in [5.74, 6) is 3.35. The third kappa shape index (κ3) is 4.49. The summed E-state index contributed by atoms with van der Waals surface area (Å²) in [6.07, 6.45) is 2.31. The molecule has 4 rings (SSSR count). The van der Waals surface area contributed by atoms with Crippen LogP contribution in [0.15, 0.2) is 33.7 Å². The topological polar surface area (TPSA) is 110 Å². The van der Waals surface area contributed by atoms with Gasteiger partial charge in [0.15, 0.2) is 11.5 Å². The number of halogens is 1. The molecule has 0 fully saturated rings. The minimum atomic E-state index is -0.0923. The third-order valence-corrected chi connectivity index (χ3v) is 6.55. The largest absolute Gasteiger partial charge is 0.493 e. The van der Waals surface area contributed by atoms with Gasteiger partial charge in [-0.1, -0.05) is 22.9 Å². The van der Waals surface area contributed by atoms with E-state index < -0.39 is 0 Å². The second-order valence-corrected chi connectivity index (χ2v) is 8.74. The number of anilines is 2. The van der Waals surface area contributed by atoms with Crippen LogP contribution in [0, 0.1) is 0 Å². The number of H-pyrrole nitrogens is 1. The minimum Gasteiger partial charge on any atom is -0.493 e. The highest BCUT2D eigenvalue weighted by molar-refractivity contribution is 9.10. The van der Waals surface area contributed by atoms with Gasteiger partial charge in [-0.2, -0.15) is 10.1 Å². The highest BCUT2D eigenvalue weighted by Gasteiger charge is 2.20. The number of aromatic amines is 1. The number of thiophene rings is 1. The molecule has 0 saturated heterocycles. The van der Waals surface area contributed by atoms with Crippen molar-refractivity contribution in [3.05, 3.63) is 45.1 Å². The molecule has 0 amide bonds. The van der Waals surface area contributed by atoms with Crippen LogP contribution >= 0.6 is 27.3 Å². The van der Waals surface area contributed by atoms with Crippen molar-refractivity contribution in [1.29, 1.82) is 0 Å². The van der Waals surface area contributed by atoms with E-state index in [-0.39, 0.29) is 12.1 Å². The quantitative estimate of drug-likeness (QED) is 0.273. The molecule has 32 heavy (non-hydrogen) atoms. The molecule has 0 spiro atoms. The zero-order chi connectivity index (χ0) is 22.7. The SMILES string of the molecule is CC[C@H](Nc1nc(N[C@H](C)c2ncn[nH]2)c2cscc2n1)c1cc(OC)c(OC)cc1Br. The van der Waals surface area contributed by atoms with Gasteiger partial charge in [0.25, 0.3) is 0 Å². The van der Waals surface area contributed by atoms with Crippen molar-refractivity contribution in [3.63, 3.8) is 0 Å². The van der Waals surface area contributed by atoms with Crippen LogP contribution in [-0.4, -0.2) is 39.4 Å². The van der Waals surface area contributed by atoms with Gasteiger partial charge in [-0.3, -0.25) is 5.10 Å². The number of hydrogen-bond donors (Lipinski definition) is 3. The highest BCUT2D eigenvalue weighted by atomic mass is 79.9. The van der Waals surface area contributed by atoms with E-state index in [1.165, 1.54) is 6.33 Å². The maximum absolute atomic E-state index is 5.49. The summed E-state index contributed by atoms with van der Waals surface area (Å²) in [7, 11) is 3.25. The van der Waals surface area contributed by atoms with Gasteiger partial charge >= 0.3 is 0 Å². The van der Waals surface area contributed by atoms with Gasteiger partial charge in [-0.05, 0) is 31.0 Å². The van der Waals surface area contributed by atoms with Crippen molar-refractivity contribution in [2.45, 2.75) is 32.4 Å². The van der Waals surface area contributed by atoms with Gasteiger partial charge in [0.1, 0.15) is 18.0 Å². The zero-order valence-corrected chi connectivity index (χ0v) is 20.5. The lowest BCUT2D eigenvalue weighted by atomic mass is 10.0. The summed E-state index contributed by atoms with van der Waals surface area (Å²) in [5.41, 5.74) is 1.91. The molecule has 0 saturated carbocycles. The first-order chi connectivity index (χ1) is 15.5. The first-order valence-electron chi connectivity index (χ1n) is 10.1. The second-order valence-electron chi connectivity index (χ2n) is 7.14. The first-order valence-corrected chi connectivity index (χ1v) is 11.8. The van der Waals surface area contributed by atoms with Crippen LogP contribution in [0.4, 0.5) is 11.8 Å². The predicted octanol–water partition coefficient (Wildman–Crippen LogP) is 5.33. The fraction of sp³-hybridized carbons (Fsp3) is 0.333. The lowest BCUT2D eigenvalue weighted by molar-refractivity contribution is 0.354. The molecule has 3 heterocycles. The predicted molar refractivity (Wildman–Crippen MR) is 130 cm³/mol. The molecule has 0 aliphatic heterocycles. The second kappa shape index (κ2) is 9.70. The molecule has 168 valence electrons.